The van der Waals surface area contributed by atoms with Crippen molar-refractivity contribution in [1.82, 2.24) is 10.2 Å². The molecular formula is C8H15N3O3. The molecule has 0 unspecified atom stereocenters. The highest BCUT2D eigenvalue weighted by Gasteiger charge is 2.35. The van der Waals surface area contributed by atoms with Gasteiger partial charge in [-0.2, -0.15) is 0 Å². The molecule has 0 radical (unpaired) electrons. The van der Waals surface area contributed by atoms with E-state index >= 15 is 0 Å². The van der Waals surface area contributed by atoms with Crippen LogP contribution < -0.4 is 11.1 Å². The lowest BCUT2D eigenvalue weighted by atomic mass is 10.0. The molecule has 0 spiro atoms. The van der Waals surface area contributed by atoms with E-state index in [9.17, 15) is 9.59 Å². The van der Waals surface area contributed by atoms with E-state index in [1.165, 1.54) is 4.90 Å². The molecule has 4 N–H and O–H groups in total. The van der Waals surface area contributed by atoms with Crippen LogP contribution in [-0.4, -0.2) is 48.2 Å². The van der Waals surface area contributed by atoms with Crippen LogP contribution in [0.25, 0.3) is 0 Å². The van der Waals surface area contributed by atoms with Crippen LogP contribution in [-0.2, 0) is 4.79 Å². The fourth-order valence-electron chi connectivity index (χ4n) is 1.21. The number of carboxylic acids is 1. The molecule has 1 rings (SSSR count). The lowest BCUT2D eigenvalue weighted by molar-refractivity contribution is -0.146. The number of amides is 2. The van der Waals surface area contributed by atoms with E-state index in [0.29, 0.717) is 26.2 Å². The van der Waals surface area contributed by atoms with Crippen LogP contribution in [0.3, 0.4) is 0 Å². The first-order chi connectivity index (χ1) is 6.65. The second kappa shape index (κ2) is 4.80. The average Bonchev–Trinajstić information content (AvgIpc) is 2.01. The van der Waals surface area contributed by atoms with Crippen molar-refractivity contribution in [2.75, 3.05) is 26.2 Å². The minimum Gasteiger partial charge on any atom is -0.481 e. The summed E-state index contributed by atoms with van der Waals surface area (Å²) in [5.74, 6) is -1.23. The van der Waals surface area contributed by atoms with E-state index < -0.39 is 11.9 Å². The van der Waals surface area contributed by atoms with Gasteiger partial charge in [-0.15, -0.1) is 0 Å². The van der Waals surface area contributed by atoms with Gasteiger partial charge in [-0.1, -0.05) is 0 Å². The number of hydrogen-bond acceptors (Lipinski definition) is 3. The van der Waals surface area contributed by atoms with Crippen molar-refractivity contribution >= 4 is 12.0 Å². The summed E-state index contributed by atoms with van der Waals surface area (Å²) in [5.41, 5.74) is 5.26. The maximum Gasteiger partial charge on any atom is 0.317 e. The van der Waals surface area contributed by atoms with Gasteiger partial charge < -0.3 is 21.1 Å². The normalized spacial score (nSPS) is 16.2. The van der Waals surface area contributed by atoms with Gasteiger partial charge in [0.15, 0.2) is 0 Å². The Kier molecular flexibility index (Phi) is 3.70. The van der Waals surface area contributed by atoms with Crippen molar-refractivity contribution in [2.24, 2.45) is 11.7 Å². The lowest BCUT2D eigenvalue weighted by Gasteiger charge is -2.36. The number of carbonyl (C=O) groups excluding carboxylic acids is 1. The highest BCUT2D eigenvalue weighted by Crippen LogP contribution is 2.14. The van der Waals surface area contributed by atoms with Crippen LogP contribution in [0.4, 0.5) is 4.79 Å². The summed E-state index contributed by atoms with van der Waals surface area (Å²) in [6.45, 7) is 1.70. The molecule has 6 nitrogen and oxygen atoms in total. The van der Waals surface area contributed by atoms with Gasteiger partial charge >= 0.3 is 12.0 Å². The number of nitrogens with one attached hydrogen (secondary N) is 1. The van der Waals surface area contributed by atoms with Crippen molar-refractivity contribution in [3.63, 3.8) is 0 Å². The van der Waals surface area contributed by atoms with Crippen LogP contribution in [0.5, 0.6) is 0 Å². The Labute approximate surface area is 82.1 Å². The molecule has 80 valence electrons. The standard InChI is InChI=1S/C8H15N3O3/c9-2-1-3-10-8(14)11-4-6(5-11)7(12)13/h6H,1-5,9H2,(H,10,14)(H,12,13). The van der Waals surface area contributed by atoms with Gasteiger partial charge in [0.05, 0.1) is 5.92 Å². The van der Waals surface area contributed by atoms with E-state index in [0.717, 1.165) is 6.42 Å². The highest BCUT2D eigenvalue weighted by atomic mass is 16.4. The minimum absolute atomic E-state index is 0.198. The fourth-order valence-corrected chi connectivity index (χ4v) is 1.21. The Morgan fingerprint density at radius 1 is 1.50 bits per heavy atom. The average molecular weight is 201 g/mol. The summed E-state index contributed by atoms with van der Waals surface area (Å²) >= 11 is 0. The first-order valence-corrected chi connectivity index (χ1v) is 4.60. The molecule has 0 aromatic carbocycles. The van der Waals surface area contributed by atoms with Gasteiger partial charge in [0, 0.05) is 19.6 Å². The van der Waals surface area contributed by atoms with Crippen molar-refractivity contribution < 1.29 is 14.7 Å². The molecule has 2 amide bonds. The van der Waals surface area contributed by atoms with Crippen LogP contribution in [0.2, 0.25) is 0 Å². The van der Waals surface area contributed by atoms with Crippen molar-refractivity contribution in [3.05, 3.63) is 0 Å². The fraction of sp³-hybridized carbons (Fsp3) is 0.750. The van der Waals surface area contributed by atoms with Gasteiger partial charge in [0.25, 0.3) is 0 Å². The third-order valence-corrected chi connectivity index (χ3v) is 2.18. The van der Waals surface area contributed by atoms with Crippen molar-refractivity contribution in [1.29, 1.82) is 0 Å². The van der Waals surface area contributed by atoms with Gasteiger partial charge in [-0.3, -0.25) is 4.79 Å². The molecule has 0 bridgehead atoms. The zero-order chi connectivity index (χ0) is 10.6. The largest absolute Gasteiger partial charge is 0.481 e. The number of rotatable bonds is 4. The molecule has 0 saturated carbocycles. The number of aliphatic carboxylic acids is 1. The smallest absolute Gasteiger partial charge is 0.317 e. The molecule has 1 saturated heterocycles. The van der Waals surface area contributed by atoms with E-state index in [2.05, 4.69) is 5.32 Å². The predicted molar refractivity (Wildman–Crippen MR) is 49.8 cm³/mol. The number of nitrogens with two attached hydrogens (primary N) is 1. The Morgan fingerprint density at radius 2 is 2.14 bits per heavy atom. The van der Waals surface area contributed by atoms with Gasteiger partial charge in [-0.25, -0.2) is 4.79 Å². The molecule has 0 aromatic heterocycles. The second-order valence-corrected chi connectivity index (χ2v) is 3.31. The Balaban J connectivity index is 2.13. The number of likely N-dealkylation sites (tertiary alicyclic amines) is 1. The van der Waals surface area contributed by atoms with Gasteiger partial charge in [0.1, 0.15) is 0 Å². The van der Waals surface area contributed by atoms with Gasteiger partial charge in [-0.05, 0) is 13.0 Å². The molecule has 1 heterocycles. The number of carbonyl (C=O) groups is 2. The topological polar surface area (TPSA) is 95.7 Å². The first kappa shape index (κ1) is 10.8. The zero-order valence-electron chi connectivity index (χ0n) is 7.90. The van der Waals surface area contributed by atoms with E-state index in [1.807, 2.05) is 0 Å². The monoisotopic (exact) mass is 201 g/mol. The third kappa shape index (κ3) is 2.59. The van der Waals surface area contributed by atoms with Crippen LogP contribution in [0.15, 0.2) is 0 Å². The number of hydrogen-bond donors (Lipinski definition) is 3. The summed E-state index contributed by atoms with van der Waals surface area (Å²) < 4.78 is 0. The third-order valence-electron chi connectivity index (χ3n) is 2.18. The second-order valence-electron chi connectivity index (χ2n) is 3.31. The summed E-state index contributed by atoms with van der Waals surface area (Å²) in [6.07, 6.45) is 0.738. The maximum absolute atomic E-state index is 11.2. The Bertz CT molecular complexity index is 226. The number of nitrogens with zero attached hydrogens (tertiary/aromatic N) is 1. The molecule has 1 aliphatic rings. The summed E-state index contributed by atoms with van der Waals surface area (Å²) in [6, 6.07) is -0.198. The van der Waals surface area contributed by atoms with Crippen LogP contribution >= 0.6 is 0 Å². The number of urea groups is 1. The molecule has 1 aliphatic heterocycles. The van der Waals surface area contributed by atoms with E-state index in [-0.39, 0.29) is 6.03 Å². The maximum atomic E-state index is 11.2. The Hall–Kier alpha value is -1.30. The lowest BCUT2D eigenvalue weighted by Crippen LogP contribution is -2.56. The zero-order valence-corrected chi connectivity index (χ0v) is 7.90. The molecule has 1 fully saturated rings. The molecule has 0 aromatic rings. The van der Waals surface area contributed by atoms with Crippen LogP contribution in [0.1, 0.15) is 6.42 Å². The quantitative estimate of drug-likeness (QED) is 0.511. The number of carboxylic acid groups (broad SMARTS) is 1. The highest BCUT2D eigenvalue weighted by molar-refractivity contribution is 5.79. The summed E-state index contributed by atoms with van der Waals surface area (Å²) in [4.78, 5) is 23.2. The predicted octanol–water partition coefficient (Wildman–Crippen LogP) is -0.939. The SMILES string of the molecule is NCCCNC(=O)N1CC(C(=O)O)C1. The molecular weight excluding hydrogens is 186 g/mol. The van der Waals surface area contributed by atoms with Crippen molar-refractivity contribution in [2.45, 2.75) is 6.42 Å². The van der Waals surface area contributed by atoms with Crippen molar-refractivity contribution in [3.8, 4) is 0 Å². The van der Waals surface area contributed by atoms with Gasteiger partial charge in [0.2, 0.25) is 0 Å². The minimum atomic E-state index is -0.837. The summed E-state index contributed by atoms with van der Waals surface area (Å²) in [7, 11) is 0. The van der Waals surface area contributed by atoms with E-state index in [4.69, 9.17) is 10.8 Å². The molecule has 0 atom stereocenters. The van der Waals surface area contributed by atoms with Crippen LogP contribution in [0, 0.1) is 5.92 Å². The summed E-state index contributed by atoms with van der Waals surface area (Å²) in [5, 5.41) is 11.2. The molecule has 0 aliphatic carbocycles. The Morgan fingerprint density at radius 3 is 2.64 bits per heavy atom. The molecule has 6 heteroatoms. The van der Waals surface area contributed by atoms with E-state index in [1.54, 1.807) is 0 Å². The first-order valence-electron chi connectivity index (χ1n) is 4.60. The molecule has 14 heavy (non-hydrogen) atoms.